The predicted molar refractivity (Wildman–Crippen MR) is 120 cm³/mol. The van der Waals surface area contributed by atoms with Crippen LogP contribution in [0, 0.1) is 5.82 Å². The van der Waals surface area contributed by atoms with Gasteiger partial charge < -0.3 is 14.8 Å². The fourth-order valence-electron chi connectivity index (χ4n) is 3.26. The van der Waals surface area contributed by atoms with Crippen molar-refractivity contribution in [3.63, 3.8) is 0 Å². The SMILES string of the molecule is O=C(O)Cc1ccc2oc(-c3ccc(NC(=O)/C=C/c4ccc(C(F)(F)F)cc4)c(F)c3)nc2c1. The highest BCUT2D eigenvalue weighted by Gasteiger charge is 2.29. The molecule has 0 atom stereocenters. The van der Waals surface area contributed by atoms with E-state index >= 15 is 0 Å². The van der Waals surface area contributed by atoms with E-state index in [0.29, 0.717) is 27.8 Å². The second-order valence-corrected chi connectivity index (χ2v) is 7.53. The monoisotopic (exact) mass is 484 g/mol. The van der Waals surface area contributed by atoms with Gasteiger partial charge in [0, 0.05) is 11.6 Å². The van der Waals surface area contributed by atoms with Crippen molar-refractivity contribution in [2.24, 2.45) is 0 Å². The van der Waals surface area contributed by atoms with Crippen LogP contribution in [0.4, 0.5) is 23.2 Å². The molecule has 10 heteroatoms. The highest BCUT2D eigenvalue weighted by molar-refractivity contribution is 6.02. The number of nitrogens with zero attached hydrogens (tertiary/aromatic N) is 1. The zero-order chi connectivity index (χ0) is 25.2. The Morgan fingerprint density at radius 1 is 1.03 bits per heavy atom. The Kier molecular flexibility index (Phi) is 6.37. The van der Waals surface area contributed by atoms with Gasteiger partial charge in [-0.05, 0) is 59.7 Å². The third-order valence-electron chi connectivity index (χ3n) is 4.95. The Balaban J connectivity index is 1.45. The van der Waals surface area contributed by atoms with Gasteiger partial charge in [-0.1, -0.05) is 18.2 Å². The standard InChI is InChI=1S/C25H16F4N2O4/c26-18-13-16(24-31-20-11-15(12-23(33)34)3-9-21(20)35-24)5-8-19(18)30-22(32)10-4-14-1-6-17(7-2-14)25(27,28)29/h1-11,13H,12H2,(H,30,32)(H,33,34)/b10-4+. The van der Waals surface area contributed by atoms with E-state index in [4.69, 9.17) is 9.52 Å². The Bertz CT molecular complexity index is 1440. The fraction of sp³-hybridized carbons (Fsp3) is 0.0800. The molecule has 2 N–H and O–H groups in total. The fourth-order valence-corrected chi connectivity index (χ4v) is 3.26. The average molecular weight is 484 g/mol. The molecule has 0 spiro atoms. The maximum absolute atomic E-state index is 14.6. The van der Waals surface area contributed by atoms with Gasteiger partial charge in [-0.25, -0.2) is 9.37 Å². The second kappa shape index (κ2) is 9.41. The summed E-state index contributed by atoms with van der Waals surface area (Å²) in [6.45, 7) is 0. The molecule has 0 unspecified atom stereocenters. The Hall–Kier alpha value is -4.47. The van der Waals surface area contributed by atoms with Gasteiger partial charge in [0.25, 0.3) is 0 Å². The number of rotatable bonds is 6. The van der Waals surface area contributed by atoms with E-state index in [1.54, 1.807) is 18.2 Å². The van der Waals surface area contributed by atoms with Crippen molar-refractivity contribution in [1.29, 1.82) is 0 Å². The molecular formula is C25H16F4N2O4. The summed E-state index contributed by atoms with van der Waals surface area (Å²) in [6.07, 6.45) is -2.25. The molecule has 1 heterocycles. The Morgan fingerprint density at radius 2 is 1.77 bits per heavy atom. The third kappa shape index (κ3) is 5.72. The molecule has 4 aromatic rings. The van der Waals surface area contributed by atoms with Crippen LogP contribution in [0.3, 0.4) is 0 Å². The average Bonchev–Trinajstić information content (AvgIpc) is 3.22. The van der Waals surface area contributed by atoms with E-state index in [2.05, 4.69) is 10.3 Å². The van der Waals surface area contributed by atoms with Crippen molar-refractivity contribution in [3.05, 3.63) is 89.2 Å². The minimum atomic E-state index is -4.45. The third-order valence-corrected chi connectivity index (χ3v) is 4.95. The smallest absolute Gasteiger partial charge is 0.416 e. The van der Waals surface area contributed by atoms with Crippen LogP contribution >= 0.6 is 0 Å². The summed E-state index contributed by atoms with van der Waals surface area (Å²) in [4.78, 5) is 27.3. The number of oxazole rings is 1. The molecule has 6 nitrogen and oxygen atoms in total. The maximum Gasteiger partial charge on any atom is 0.416 e. The molecule has 0 aliphatic carbocycles. The number of nitrogens with one attached hydrogen (secondary N) is 1. The quantitative estimate of drug-likeness (QED) is 0.261. The molecule has 1 aromatic heterocycles. The summed E-state index contributed by atoms with van der Waals surface area (Å²) >= 11 is 0. The number of aromatic nitrogens is 1. The van der Waals surface area contributed by atoms with Gasteiger partial charge >= 0.3 is 12.1 Å². The van der Waals surface area contributed by atoms with E-state index < -0.39 is 29.4 Å². The van der Waals surface area contributed by atoms with Gasteiger partial charge in [0.1, 0.15) is 11.3 Å². The van der Waals surface area contributed by atoms with Crippen LogP contribution in [0.25, 0.3) is 28.6 Å². The number of halogens is 4. The predicted octanol–water partition coefficient (Wildman–Crippen LogP) is 5.93. The van der Waals surface area contributed by atoms with Crippen LogP contribution in [-0.4, -0.2) is 22.0 Å². The first kappa shape index (κ1) is 23.7. The Morgan fingerprint density at radius 3 is 2.43 bits per heavy atom. The van der Waals surface area contributed by atoms with E-state index in [1.807, 2.05) is 0 Å². The summed E-state index contributed by atoms with van der Waals surface area (Å²) in [5.41, 5.74) is 1.11. The zero-order valence-corrected chi connectivity index (χ0v) is 17.8. The number of fused-ring (bicyclic) bond motifs is 1. The molecule has 178 valence electrons. The molecule has 0 saturated heterocycles. The molecule has 0 saturated carbocycles. The van der Waals surface area contributed by atoms with E-state index in [0.717, 1.165) is 24.3 Å². The summed E-state index contributed by atoms with van der Waals surface area (Å²) in [5.74, 6) is -2.30. The largest absolute Gasteiger partial charge is 0.481 e. The van der Waals surface area contributed by atoms with Gasteiger partial charge in [-0.3, -0.25) is 9.59 Å². The summed E-state index contributed by atoms with van der Waals surface area (Å²) in [7, 11) is 0. The molecular weight excluding hydrogens is 468 g/mol. The van der Waals surface area contributed by atoms with E-state index in [1.165, 1.54) is 30.3 Å². The first-order valence-electron chi connectivity index (χ1n) is 10.2. The van der Waals surface area contributed by atoms with Gasteiger partial charge in [0.2, 0.25) is 11.8 Å². The highest BCUT2D eigenvalue weighted by Crippen LogP contribution is 2.30. The lowest BCUT2D eigenvalue weighted by atomic mass is 10.1. The number of carbonyl (C=O) groups is 2. The van der Waals surface area contributed by atoms with Crippen LogP contribution < -0.4 is 5.32 Å². The molecule has 4 rings (SSSR count). The number of hydrogen-bond donors (Lipinski definition) is 2. The number of alkyl halides is 3. The number of hydrogen-bond acceptors (Lipinski definition) is 4. The van der Waals surface area contributed by atoms with Crippen molar-refractivity contribution in [2.45, 2.75) is 12.6 Å². The van der Waals surface area contributed by atoms with Gasteiger partial charge in [0.15, 0.2) is 5.58 Å². The molecule has 35 heavy (non-hydrogen) atoms. The van der Waals surface area contributed by atoms with Crippen molar-refractivity contribution in [1.82, 2.24) is 4.98 Å². The van der Waals surface area contributed by atoms with Crippen LogP contribution in [0.1, 0.15) is 16.7 Å². The lowest BCUT2D eigenvalue weighted by Crippen LogP contribution is -2.09. The second-order valence-electron chi connectivity index (χ2n) is 7.53. The van der Waals surface area contributed by atoms with Crippen molar-refractivity contribution in [2.75, 3.05) is 5.32 Å². The summed E-state index contributed by atoms with van der Waals surface area (Å²) in [5, 5.41) is 11.3. The number of carboxylic acid groups (broad SMARTS) is 1. The lowest BCUT2D eigenvalue weighted by Gasteiger charge is -2.06. The molecule has 0 bridgehead atoms. The Labute approximate surface area is 195 Å². The first-order valence-corrected chi connectivity index (χ1v) is 10.2. The zero-order valence-electron chi connectivity index (χ0n) is 17.8. The molecule has 0 fully saturated rings. The van der Waals surface area contributed by atoms with Gasteiger partial charge in [-0.15, -0.1) is 0 Å². The number of carbonyl (C=O) groups excluding carboxylic acids is 1. The highest BCUT2D eigenvalue weighted by atomic mass is 19.4. The van der Waals surface area contributed by atoms with Crippen molar-refractivity contribution in [3.8, 4) is 11.5 Å². The van der Waals surface area contributed by atoms with Crippen LogP contribution in [-0.2, 0) is 22.2 Å². The molecule has 0 radical (unpaired) electrons. The topological polar surface area (TPSA) is 92.4 Å². The maximum atomic E-state index is 14.6. The van der Waals surface area contributed by atoms with Gasteiger partial charge in [0.05, 0.1) is 17.7 Å². The van der Waals surface area contributed by atoms with Crippen molar-refractivity contribution < 1.29 is 36.7 Å². The number of carboxylic acids is 1. The van der Waals surface area contributed by atoms with Crippen LogP contribution in [0.15, 0.2) is 71.2 Å². The molecule has 3 aromatic carbocycles. The first-order chi connectivity index (χ1) is 16.6. The minimum absolute atomic E-state index is 0.115. The normalized spacial score (nSPS) is 11.8. The number of aliphatic carboxylic acids is 1. The van der Waals surface area contributed by atoms with Crippen molar-refractivity contribution >= 4 is 34.7 Å². The summed E-state index contributed by atoms with van der Waals surface area (Å²) < 4.78 is 58.1. The van der Waals surface area contributed by atoms with Crippen LogP contribution in [0.5, 0.6) is 0 Å². The molecule has 1 amide bonds. The van der Waals surface area contributed by atoms with Crippen LogP contribution in [0.2, 0.25) is 0 Å². The minimum Gasteiger partial charge on any atom is -0.481 e. The molecule has 0 aliphatic rings. The molecule has 0 aliphatic heterocycles. The summed E-state index contributed by atoms with van der Waals surface area (Å²) in [6, 6.07) is 12.9. The lowest BCUT2D eigenvalue weighted by molar-refractivity contribution is -0.138. The number of amides is 1. The van der Waals surface area contributed by atoms with E-state index in [-0.39, 0.29) is 18.0 Å². The number of benzene rings is 3. The number of anilines is 1. The van der Waals surface area contributed by atoms with E-state index in [9.17, 15) is 27.2 Å². The van der Waals surface area contributed by atoms with Gasteiger partial charge in [-0.2, -0.15) is 13.2 Å².